The van der Waals surface area contributed by atoms with Gasteiger partial charge in [-0.1, -0.05) is 60.7 Å². The van der Waals surface area contributed by atoms with E-state index < -0.39 is 0 Å². The zero-order valence-corrected chi connectivity index (χ0v) is 18.0. The second-order valence-corrected chi connectivity index (χ2v) is 7.53. The van der Waals surface area contributed by atoms with Gasteiger partial charge in [-0.2, -0.15) is 14.9 Å². The minimum Gasteiger partial charge on any atom is -0.485 e. The SMILES string of the molecule is Cc1ccccc1OCc1nc2ccccc2c(=O)n1/N=C\c1cn[nH]c1-c1ccccc1. The molecule has 2 aromatic heterocycles. The van der Waals surface area contributed by atoms with Gasteiger partial charge in [-0.05, 0) is 30.7 Å². The Bertz CT molecular complexity index is 1500. The lowest BCUT2D eigenvalue weighted by molar-refractivity contribution is 0.287. The smallest absolute Gasteiger partial charge is 0.282 e. The molecule has 0 radical (unpaired) electrons. The Hall–Kier alpha value is -4.52. The fraction of sp³-hybridized carbons (Fsp3) is 0.0769. The van der Waals surface area contributed by atoms with E-state index >= 15 is 0 Å². The molecular weight excluding hydrogens is 414 g/mol. The molecule has 5 rings (SSSR count). The molecule has 0 amide bonds. The molecule has 0 bridgehead atoms. The molecule has 0 fully saturated rings. The second kappa shape index (κ2) is 8.92. The Balaban J connectivity index is 1.55. The Morgan fingerprint density at radius 1 is 1.00 bits per heavy atom. The van der Waals surface area contributed by atoms with E-state index in [0.717, 1.165) is 28.1 Å². The topological polar surface area (TPSA) is 85.2 Å². The lowest BCUT2D eigenvalue weighted by Gasteiger charge is -2.12. The third-order valence-corrected chi connectivity index (χ3v) is 5.31. The number of ether oxygens (including phenoxy) is 1. The van der Waals surface area contributed by atoms with Gasteiger partial charge < -0.3 is 4.74 Å². The predicted octanol–water partition coefficient (Wildman–Crippen LogP) is 4.56. The van der Waals surface area contributed by atoms with E-state index in [1.54, 1.807) is 18.5 Å². The van der Waals surface area contributed by atoms with Crippen molar-refractivity contribution in [3.63, 3.8) is 0 Å². The molecule has 33 heavy (non-hydrogen) atoms. The van der Waals surface area contributed by atoms with Gasteiger partial charge in [0.2, 0.25) is 0 Å². The maximum atomic E-state index is 13.3. The monoisotopic (exact) mass is 435 g/mol. The lowest BCUT2D eigenvalue weighted by atomic mass is 10.1. The lowest BCUT2D eigenvalue weighted by Crippen LogP contribution is -2.23. The van der Waals surface area contributed by atoms with Crippen molar-refractivity contribution in [1.82, 2.24) is 19.9 Å². The highest BCUT2D eigenvalue weighted by molar-refractivity contribution is 5.88. The van der Waals surface area contributed by atoms with Crippen LogP contribution in [0.1, 0.15) is 17.0 Å². The quantitative estimate of drug-likeness (QED) is 0.396. The summed E-state index contributed by atoms with van der Waals surface area (Å²) in [5.41, 5.74) is 3.90. The summed E-state index contributed by atoms with van der Waals surface area (Å²) in [4.78, 5) is 17.9. The first-order valence-electron chi connectivity index (χ1n) is 10.5. The molecule has 0 saturated heterocycles. The van der Waals surface area contributed by atoms with Gasteiger partial charge in [-0.25, -0.2) is 4.98 Å². The summed E-state index contributed by atoms with van der Waals surface area (Å²) in [7, 11) is 0. The van der Waals surface area contributed by atoms with Crippen LogP contribution >= 0.6 is 0 Å². The largest absolute Gasteiger partial charge is 0.485 e. The van der Waals surface area contributed by atoms with E-state index in [1.807, 2.05) is 79.7 Å². The van der Waals surface area contributed by atoms with Crippen molar-refractivity contribution in [2.45, 2.75) is 13.5 Å². The van der Waals surface area contributed by atoms with Crippen molar-refractivity contribution in [3.05, 3.63) is 112 Å². The number of aromatic nitrogens is 4. The number of fused-ring (bicyclic) bond motifs is 1. The van der Waals surface area contributed by atoms with Crippen LogP contribution in [0.15, 0.2) is 95.0 Å². The molecule has 0 aliphatic carbocycles. The van der Waals surface area contributed by atoms with E-state index in [0.29, 0.717) is 16.7 Å². The van der Waals surface area contributed by atoms with E-state index in [2.05, 4.69) is 20.3 Å². The van der Waals surface area contributed by atoms with Crippen molar-refractivity contribution < 1.29 is 4.74 Å². The van der Waals surface area contributed by atoms with Gasteiger partial charge in [-0.3, -0.25) is 9.89 Å². The molecule has 0 aliphatic heterocycles. The zero-order valence-electron chi connectivity index (χ0n) is 18.0. The first kappa shape index (κ1) is 20.4. The Morgan fingerprint density at radius 3 is 2.61 bits per heavy atom. The van der Waals surface area contributed by atoms with Crippen LogP contribution < -0.4 is 10.3 Å². The van der Waals surface area contributed by atoms with E-state index in [-0.39, 0.29) is 12.2 Å². The van der Waals surface area contributed by atoms with Gasteiger partial charge in [0.1, 0.15) is 12.4 Å². The predicted molar refractivity (Wildman–Crippen MR) is 129 cm³/mol. The normalized spacial score (nSPS) is 11.3. The van der Waals surface area contributed by atoms with Gasteiger partial charge >= 0.3 is 0 Å². The average Bonchev–Trinajstić information content (AvgIpc) is 3.32. The molecule has 0 spiro atoms. The molecule has 162 valence electrons. The molecule has 0 saturated carbocycles. The Kier molecular flexibility index (Phi) is 5.51. The van der Waals surface area contributed by atoms with Gasteiger partial charge in [0.15, 0.2) is 5.82 Å². The molecule has 5 aromatic rings. The van der Waals surface area contributed by atoms with Crippen molar-refractivity contribution in [2.75, 3.05) is 0 Å². The average molecular weight is 435 g/mol. The zero-order chi connectivity index (χ0) is 22.6. The highest BCUT2D eigenvalue weighted by Gasteiger charge is 2.12. The summed E-state index contributed by atoms with van der Waals surface area (Å²) in [6.45, 7) is 2.07. The summed E-state index contributed by atoms with van der Waals surface area (Å²) >= 11 is 0. The number of H-pyrrole nitrogens is 1. The molecule has 7 heteroatoms. The van der Waals surface area contributed by atoms with Crippen LogP contribution in [0, 0.1) is 6.92 Å². The standard InChI is InChI=1S/C26H21N5O2/c1-18-9-5-8-14-23(18)33-17-24-29-22-13-7-6-12-21(22)26(32)31(24)28-16-20-15-27-30-25(20)19-10-3-2-4-11-19/h2-16H,17H2,1H3,(H,27,30)/b28-16-. The summed E-state index contributed by atoms with van der Waals surface area (Å²) in [5, 5.41) is 12.1. The van der Waals surface area contributed by atoms with Gasteiger partial charge in [-0.15, -0.1) is 0 Å². The van der Waals surface area contributed by atoms with Crippen LogP contribution in [0.5, 0.6) is 5.75 Å². The number of aromatic amines is 1. The van der Waals surface area contributed by atoms with E-state index in [1.165, 1.54) is 4.68 Å². The Labute approximate surface area is 190 Å². The molecule has 0 unspecified atom stereocenters. The summed E-state index contributed by atoms with van der Waals surface area (Å²) < 4.78 is 7.28. The van der Waals surface area contributed by atoms with E-state index in [9.17, 15) is 4.79 Å². The second-order valence-electron chi connectivity index (χ2n) is 7.53. The first-order chi connectivity index (χ1) is 16.2. The van der Waals surface area contributed by atoms with Gasteiger partial charge in [0.25, 0.3) is 5.56 Å². The molecule has 0 atom stereocenters. The molecule has 1 N–H and O–H groups in total. The number of hydrogen-bond acceptors (Lipinski definition) is 5. The van der Waals surface area contributed by atoms with E-state index in [4.69, 9.17) is 4.74 Å². The fourth-order valence-corrected chi connectivity index (χ4v) is 3.59. The van der Waals surface area contributed by atoms with Crippen LogP contribution in [0.2, 0.25) is 0 Å². The number of nitrogens with zero attached hydrogens (tertiary/aromatic N) is 4. The van der Waals surface area contributed by atoms with Crippen LogP contribution in [-0.4, -0.2) is 26.1 Å². The molecule has 7 nitrogen and oxygen atoms in total. The number of para-hydroxylation sites is 2. The minimum atomic E-state index is -0.259. The van der Waals surface area contributed by atoms with Crippen LogP contribution in [-0.2, 0) is 6.61 Å². The number of rotatable bonds is 6. The maximum Gasteiger partial charge on any atom is 0.282 e. The highest BCUT2D eigenvalue weighted by atomic mass is 16.5. The maximum absolute atomic E-state index is 13.3. The number of nitrogens with one attached hydrogen (secondary N) is 1. The summed E-state index contributed by atoms with van der Waals surface area (Å²) in [5.74, 6) is 1.14. The first-order valence-corrected chi connectivity index (χ1v) is 10.5. The van der Waals surface area contributed by atoms with Crippen molar-refractivity contribution in [1.29, 1.82) is 0 Å². The highest BCUT2D eigenvalue weighted by Crippen LogP contribution is 2.20. The van der Waals surface area contributed by atoms with Crippen LogP contribution in [0.4, 0.5) is 0 Å². The molecule has 3 aromatic carbocycles. The van der Waals surface area contributed by atoms with Crippen molar-refractivity contribution in [2.24, 2.45) is 5.10 Å². The fourth-order valence-electron chi connectivity index (χ4n) is 3.59. The van der Waals surface area contributed by atoms with Crippen molar-refractivity contribution >= 4 is 17.1 Å². The third kappa shape index (κ3) is 4.16. The molecule has 0 aliphatic rings. The van der Waals surface area contributed by atoms with Crippen LogP contribution in [0.25, 0.3) is 22.2 Å². The Morgan fingerprint density at radius 2 is 1.76 bits per heavy atom. The summed E-state index contributed by atoms with van der Waals surface area (Å²) in [6.07, 6.45) is 3.29. The van der Waals surface area contributed by atoms with Crippen LogP contribution in [0.3, 0.4) is 0 Å². The van der Waals surface area contributed by atoms with Gasteiger partial charge in [0.05, 0.1) is 29.0 Å². The number of aryl methyl sites for hydroxylation is 1. The van der Waals surface area contributed by atoms with Crippen molar-refractivity contribution in [3.8, 4) is 17.0 Å². The number of benzene rings is 3. The molecule has 2 heterocycles. The minimum absolute atomic E-state index is 0.0964. The third-order valence-electron chi connectivity index (χ3n) is 5.31. The summed E-state index contributed by atoms with van der Waals surface area (Å²) in [6, 6.07) is 24.8. The molecular formula is C26H21N5O2. The van der Waals surface area contributed by atoms with Gasteiger partial charge in [0, 0.05) is 11.1 Å². The number of hydrogen-bond donors (Lipinski definition) is 1.